The second kappa shape index (κ2) is 9.40. The molecule has 5 aromatic rings. The Morgan fingerprint density at radius 3 is 2.59 bits per heavy atom. The van der Waals surface area contributed by atoms with Gasteiger partial charge >= 0.3 is 0 Å². The minimum Gasteiger partial charge on any atom is -0.352 e. The SMILES string of the molecule is Cc1ccc(-c2csc3ncn(CCC(=O)NCc4ccc(-n5cncn5)cc4)c(=O)c23)cc1. The van der Waals surface area contributed by atoms with Gasteiger partial charge in [0.05, 0.1) is 17.4 Å². The quantitative estimate of drug-likeness (QED) is 0.391. The van der Waals surface area contributed by atoms with Crippen molar-refractivity contribution >= 4 is 27.5 Å². The molecule has 9 heteroatoms. The van der Waals surface area contributed by atoms with Crippen LogP contribution in [0.2, 0.25) is 0 Å². The monoisotopic (exact) mass is 470 g/mol. The van der Waals surface area contributed by atoms with E-state index in [4.69, 9.17) is 0 Å². The second-order valence-electron chi connectivity index (χ2n) is 7.97. The van der Waals surface area contributed by atoms with Crippen LogP contribution in [0.3, 0.4) is 0 Å². The van der Waals surface area contributed by atoms with Crippen molar-refractivity contribution in [1.82, 2.24) is 29.6 Å². The summed E-state index contributed by atoms with van der Waals surface area (Å²) in [6.07, 6.45) is 4.82. The number of fused-ring (bicyclic) bond motifs is 1. The van der Waals surface area contributed by atoms with E-state index < -0.39 is 0 Å². The van der Waals surface area contributed by atoms with Crippen molar-refractivity contribution in [1.29, 1.82) is 0 Å². The molecular weight excluding hydrogens is 448 g/mol. The molecule has 0 aliphatic heterocycles. The van der Waals surface area contributed by atoms with Crippen molar-refractivity contribution in [3.8, 4) is 16.8 Å². The molecule has 0 saturated heterocycles. The van der Waals surface area contributed by atoms with E-state index in [9.17, 15) is 9.59 Å². The van der Waals surface area contributed by atoms with Gasteiger partial charge in [-0.1, -0.05) is 42.0 Å². The lowest BCUT2D eigenvalue weighted by atomic mass is 10.1. The van der Waals surface area contributed by atoms with E-state index in [1.54, 1.807) is 11.0 Å². The average Bonchev–Trinajstić information content (AvgIpc) is 3.54. The Balaban J connectivity index is 1.23. The smallest absolute Gasteiger partial charge is 0.262 e. The summed E-state index contributed by atoms with van der Waals surface area (Å²) in [5.74, 6) is -0.128. The molecule has 2 aromatic carbocycles. The summed E-state index contributed by atoms with van der Waals surface area (Å²) in [4.78, 5) is 34.7. The van der Waals surface area contributed by atoms with Crippen LogP contribution < -0.4 is 10.9 Å². The van der Waals surface area contributed by atoms with Gasteiger partial charge in [0.1, 0.15) is 17.5 Å². The number of nitrogens with zero attached hydrogens (tertiary/aromatic N) is 5. The van der Waals surface area contributed by atoms with E-state index >= 15 is 0 Å². The van der Waals surface area contributed by atoms with Crippen molar-refractivity contribution in [2.24, 2.45) is 0 Å². The largest absolute Gasteiger partial charge is 0.352 e. The fourth-order valence-corrected chi connectivity index (χ4v) is 4.60. The minimum atomic E-state index is -0.128. The van der Waals surface area contributed by atoms with Gasteiger partial charge in [-0.05, 0) is 30.2 Å². The van der Waals surface area contributed by atoms with Crippen LogP contribution in [0.4, 0.5) is 0 Å². The molecule has 3 heterocycles. The molecule has 5 rings (SSSR count). The number of aromatic nitrogens is 5. The lowest BCUT2D eigenvalue weighted by Crippen LogP contribution is -2.27. The molecule has 0 saturated carbocycles. The molecule has 0 radical (unpaired) electrons. The minimum absolute atomic E-state index is 0.127. The van der Waals surface area contributed by atoms with E-state index in [-0.39, 0.29) is 24.4 Å². The molecular formula is C25H22N6O2S. The molecule has 0 aliphatic rings. The summed E-state index contributed by atoms with van der Waals surface area (Å²) in [5.41, 5.74) is 4.77. The highest BCUT2D eigenvalue weighted by atomic mass is 32.1. The van der Waals surface area contributed by atoms with Crippen molar-refractivity contribution in [2.75, 3.05) is 0 Å². The highest BCUT2D eigenvalue weighted by Gasteiger charge is 2.14. The van der Waals surface area contributed by atoms with Crippen molar-refractivity contribution in [2.45, 2.75) is 26.4 Å². The van der Waals surface area contributed by atoms with E-state index in [1.165, 1.54) is 28.6 Å². The lowest BCUT2D eigenvalue weighted by molar-refractivity contribution is -0.121. The molecule has 3 aromatic heterocycles. The van der Waals surface area contributed by atoms with Crippen LogP contribution in [-0.2, 0) is 17.9 Å². The number of carbonyl (C=O) groups is 1. The van der Waals surface area contributed by atoms with Gasteiger partial charge in [-0.15, -0.1) is 11.3 Å². The number of hydrogen-bond donors (Lipinski definition) is 1. The number of benzene rings is 2. The van der Waals surface area contributed by atoms with Gasteiger partial charge < -0.3 is 5.32 Å². The first-order chi connectivity index (χ1) is 16.6. The number of rotatable bonds is 7. The predicted molar refractivity (Wildman–Crippen MR) is 132 cm³/mol. The Morgan fingerprint density at radius 1 is 1.06 bits per heavy atom. The highest BCUT2D eigenvalue weighted by molar-refractivity contribution is 7.17. The Hall–Kier alpha value is -4.11. The maximum absolute atomic E-state index is 13.2. The molecule has 34 heavy (non-hydrogen) atoms. The van der Waals surface area contributed by atoms with Gasteiger partial charge in [0.15, 0.2) is 0 Å². The zero-order valence-electron chi connectivity index (χ0n) is 18.5. The zero-order chi connectivity index (χ0) is 23.5. The summed E-state index contributed by atoms with van der Waals surface area (Å²) in [6, 6.07) is 15.8. The maximum Gasteiger partial charge on any atom is 0.262 e. The fourth-order valence-electron chi connectivity index (χ4n) is 3.69. The average molecular weight is 471 g/mol. The van der Waals surface area contributed by atoms with Gasteiger partial charge in [-0.25, -0.2) is 14.6 Å². The van der Waals surface area contributed by atoms with Crippen LogP contribution in [0, 0.1) is 6.92 Å². The molecule has 1 N–H and O–H groups in total. The number of carbonyl (C=O) groups excluding carboxylic acids is 1. The normalized spacial score (nSPS) is 11.1. The summed E-state index contributed by atoms with van der Waals surface area (Å²) in [6.45, 7) is 2.70. The van der Waals surface area contributed by atoms with Gasteiger partial charge in [0.2, 0.25) is 5.91 Å². The summed E-state index contributed by atoms with van der Waals surface area (Å²) >= 11 is 1.45. The lowest BCUT2D eigenvalue weighted by Gasteiger charge is -2.08. The van der Waals surface area contributed by atoms with Gasteiger partial charge in [0.25, 0.3) is 5.56 Å². The van der Waals surface area contributed by atoms with Gasteiger partial charge in [-0.2, -0.15) is 5.10 Å². The van der Waals surface area contributed by atoms with Crippen LogP contribution in [-0.4, -0.2) is 30.2 Å². The van der Waals surface area contributed by atoms with Gasteiger partial charge in [0, 0.05) is 30.5 Å². The fraction of sp³-hybridized carbons (Fsp3) is 0.160. The molecule has 8 nitrogen and oxygen atoms in total. The zero-order valence-corrected chi connectivity index (χ0v) is 19.3. The molecule has 170 valence electrons. The molecule has 0 fully saturated rings. The van der Waals surface area contributed by atoms with Gasteiger partial charge in [-0.3, -0.25) is 14.2 Å². The van der Waals surface area contributed by atoms with E-state index in [1.807, 2.05) is 60.8 Å². The van der Waals surface area contributed by atoms with E-state index in [0.29, 0.717) is 16.8 Å². The molecule has 0 aliphatic carbocycles. The Morgan fingerprint density at radius 2 is 1.85 bits per heavy atom. The Labute approximate surface area is 199 Å². The number of aryl methyl sites for hydroxylation is 2. The topological polar surface area (TPSA) is 94.7 Å². The van der Waals surface area contributed by atoms with Crippen LogP contribution in [0.1, 0.15) is 17.5 Å². The molecule has 0 spiro atoms. The first-order valence-corrected chi connectivity index (χ1v) is 11.7. The summed E-state index contributed by atoms with van der Waals surface area (Å²) < 4.78 is 3.18. The molecule has 0 unspecified atom stereocenters. The predicted octanol–water partition coefficient (Wildman–Crippen LogP) is 3.72. The number of thiophene rings is 1. The third-order valence-corrected chi connectivity index (χ3v) is 6.50. The summed E-state index contributed by atoms with van der Waals surface area (Å²) in [7, 11) is 0. The van der Waals surface area contributed by atoms with Crippen LogP contribution >= 0.6 is 11.3 Å². The molecule has 0 atom stereocenters. The number of hydrogen-bond acceptors (Lipinski definition) is 6. The maximum atomic E-state index is 13.2. The van der Waals surface area contributed by atoms with Crippen molar-refractivity contribution in [3.63, 3.8) is 0 Å². The molecule has 0 bridgehead atoms. The highest BCUT2D eigenvalue weighted by Crippen LogP contribution is 2.30. The van der Waals surface area contributed by atoms with Crippen LogP contribution in [0.5, 0.6) is 0 Å². The van der Waals surface area contributed by atoms with Crippen LogP contribution in [0.15, 0.2) is 77.7 Å². The molecule has 1 amide bonds. The number of amides is 1. The third-order valence-electron chi connectivity index (χ3n) is 5.61. The van der Waals surface area contributed by atoms with E-state index in [0.717, 1.165) is 27.9 Å². The summed E-state index contributed by atoms with van der Waals surface area (Å²) in [5, 5.41) is 9.57. The second-order valence-corrected chi connectivity index (χ2v) is 8.83. The Bertz CT molecular complexity index is 1490. The standard InChI is InChI=1S/C25H22N6O2S/c1-17-2-6-19(7-3-17)21-13-34-24-23(21)25(33)30(16-28-24)11-10-22(32)27-12-18-4-8-20(9-5-18)31-15-26-14-29-31/h2-9,13-16H,10-12H2,1H3,(H,27,32). The Kier molecular flexibility index (Phi) is 6.01. The first kappa shape index (κ1) is 21.7. The van der Waals surface area contributed by atoms with Crippen LogP contribution in [0.25, 0.3) is 27.0 Å². The van der Waals surface area contributed by atoms with E-state index in [2.05, 4.69) is 20.4 Å². The first-order valence-electron chi connectivity index (χ1n) is 10.8. The van der Waals surface area contributed by atoms with Crippen molar-refractivity contribution in [3.05, 3.63) is 94.4 Å². The third kappa shape index (κ3) is 4.51. The number of nitrogens with one attached hydrogen (secondary N) is 1. The van der Waals surface area contributed by atoms with Crippen molar-refractivity contribution < 1.29 is 4.79 Å².